The van der Waals surface area contributed by atoms with Crippen molar-refractivity contribution in [3.63, 3.8) is 0 Å². The van der Waals surface area contributed by atoms with Crippen LogP contribution in [0.25, 0.3) is 22.3 Å². The summed E-state index contributed by atoms with van der Waals surface area (Å²) < 4.78 is 62.6. The summed E-state index contributed by atoms with van der Waals surface area (Å²) in [7, 11) is 0. The first kappa shape index (κ1) is 19.7. The Morgan fingerprint density at radius 2 is 1.43 bits per heavy atom. The fourth-order valence-electron chi connectivity index (χ4n) is 2.75. The molecule has 0 unspecified atom stereocenters. The molecule has 3 rings (SSSR count). The molecule has 0 saturated carbocycles. The lowest BCUT2D eigenvalue weighted by Gasteiger charge is -2.10. The first-order valence-corrected chi connectivity index (χ1v) is 8.75. The predicted octanol–water partition coefficient (Wildman–Crippen LogP) is 6.69. The summed E-state index contributed by atoms with van der Waals surface area (Å²) in [5, 5.41) is 0. The number of rotatable bonds is 7. The minimum atomic E-state index is -3.13. The van der Waals surface area contributed by atoms with Gasteiger partial charge in [-0.05, 0) is 53.4 Å². The van der Waals surface area contributed by atoms with Crippen LogP contribution in [0.15, 0.2) is 60.7 Å². The van der Waals surface area contributed by atoms with Gasteiger partial charge in [-0.15, -0.1) is 0 Å². The van der Waals surface area contributed by atoms with E-state index >= 15 is 0 Å². The second kappa shape index (κ2) is 8.78. The molecule has 0 radical (unpaired) electrons. The van der Waals surface area contributed by atoms with E-state index in [1.807, 2.05) is 31.2 Å². The SMILES string of the molecule is CCCOc1ccc(-c2ccc(-c3ccc(OC(F)F)c(F)c3)c(F)c2)cc1. The largest absolute Gasteiger partial charge is 0.494 e. The highest BCUT2D eigenvalue weighted by Gasteiger charge is 2.13. The van der Waals surface area contributed by atoms with Crippen molar-refractivity contribution >= 4 is 0 Å². The third kappa shape index (κ3) is 4.63. The number of halogens is 4. The zero-order valence-corrected chi connectivity index (χ0v) is 15.1. The molecule has 0 saturated heterocycles. The van der Waals surface area contributed by atoms with Gasteiger partial charge in [0.05, 0.1) is 6.61 Å². The monoisotopic (exact) mass is 390 g/mol. The summed E-state index contributed by atoms with van der Waals surface area (Å²) in [5.41, 5.74) is 1.85. The number of alkyl halides is 2. The second-order valence-electron chi connectivity index (χ2n) is 6.09. The molecule has 0 spiro atoms. The topological polar surface area (TPSA) is 18.5 Å². The van der Waals surface area contributed by atoms with Gasteiger partial charge in [-0.2, -0.15) is 8.78 Å². The third-order valence-corrected chi connectivity index (χ3v) is 4.09. The smallest absolute Gasteiger partial charge is 0.387 e. The Kier molecular flexibility index (Phi) is 6.19. The molecule has 146 valence electrons. The minimum Gasteiger partial charge on any atom is -0.494 e. The van der Waals surface area contributed by atoms with Crippen molar-refractivity contribution in [3.8, 4) is 33.8 Å². The molecule has 0 N–H and O–H groups in total. The van der Waals surface area contributed by atoms with Crippen LogP contribution in [0, 0.1) is 11.6 Å². The van der Waals surface area contributed by atoms with Gasteiger partial charge in [0.1, 0.15) is 11.6 Å². The molecule has 0 bridgehead atoms. The first-order chi connectivity index (χ1) is 13.5. The van der Waals surface area contributed by atoms with E-state index in [1.165, 1.54) is 18.2 Å². The van der Waals surface area contributed by atoms with Gasteiger partial charge in [0.25, 0.3) is 0 Å². The van der Waals surface area contributed by atoms with Crippen LogP contribution in [0.5, 0.6) is 11.5 Å². The lowest BCUT2D eigenvalue weighted by Crippen LogP contribution is -2.03. The molecule has 6 heteroatoms. The zero-order valence-electron chi connectivity index (χ0n) is 15.1. The summed E-state index contributed by atoms with van der Waals surface area (Å²) in [4.78, 5) is 0. The summed E-state index contributed by atoms with van der Waals surface area (Å²) in [6.45, 7) is -0.486. The minimum absolute atomic E-state index is 0.161. The van der Waals surface area contributed by atoms with Gasteiger partial charge in [0.15, 0.2) is 11.6 Å². The highest BCUT2D eigenvalue weighted by molar-refractivity contribution is 5.71. The third-order valence-electron chi connectivity index (χ3n) is 4.09. The Morgan fingerprint density at radius 1 is 0.786 bits per heavy atom. The Hall–Kier alpha value is -3.02. The zero-order chi connectivity index (χ0) is 20.1. The van der Waals surface area contributed by atoms with Crippen molar-refractivity contribution in [1.29, 1.82) is 0 Å². The molecular weight excluding hydrogens is 372 g/mol. The maximum Gasteiger partial charge on any atom is 0.387 e. The summed E-state index contributed by atoms with van der Waals surface area (Å²) in [5.74, 6) is -1.37. The molecule has 0 aliphatic rings. The molecule has 2 nitrogen and oxygen atoms in total. The number of benzene rings is 3. The van der Waals surface area contributed by atoms with E-state index in [1.54, 1.807) is 6.07 Å². The van der Waals surface area contributed by atoms with E-state index in [0.717, 1.165) is 29.9 Å². The Labute approximate surface area is 160 Å². The van der Waals surface area contributed by atoms with Gasteiger partial charge in [0, 0.05) is 5.56 Å². The van der Waals surface area contributed by atoms with Crippen molar-refractivity contribution in [2.75, 3.05) is 6.61 Å². The molecule has 0 amide bonds. The molecule has 0 aliphatic carbocycles. The predicted molar refractivity (Wildman–Crippen MR) is 99.6 cm³/mol. The van der Waals surface area contributed by atoms with Crippen molar-refractivity contribution in [3.05, 3.63) is 72.3 Å². The van der Waals surface area contributed by atoms with Crippen LogP contribution in [0.1, 0.15) is 13.3 Å². The van der Waals surface area contributed by atoms with Gasteiger partial charge < -0.3 is 9.47 Å². The Balaban J connectivity index is 1.83. The molecule has 0 aromatic heterocycles. The summed E-state index contributed by atoms with van der Waals surface area (Å²) in [6.07, 6.45) is 0.907. The molecule has 0 aliphatic heterocycles. The van der Waals surface area contributed by atoms with E-state index in [4.69, 9.17) is 4.74 Å². The van der Waals surface area contributed by atoms with Crippen LogP contribution in [0.4, 0.5) is 17.6 Å². The standard InChI is InChI=1S/C22H18F4O2/c1-2-11-27-17-7-3-14(4-8-17)15-5-9-18(19(23)12-15)16-6-10-21(20(24)13-16)28-22(25)26/h3-10,12-13,22H,2,11H2,1H3. The quantitative estimate of drug-likeness (QED) is 0.419. The average molecular weight is 390 g/mol. The van der Waals surface area contributed by atoms with Crippen LogP contribution in [-0.4, -0.2) is 13.2 Å². The lowest BCUT2D eigenvalue weighted by atomic mass is 9.99. The maximum atomic E-state index is 14.6. The van der Waals surface area contributed by atoms with Crippen LogP contribution in [0.3, 0.4) is 0 Å². The van der Waals surface area contributed by atoms with Crippen LogP contribution < -0.4 is 9.47 Å². The van der Waals surface area contributed by atoms with E-state index in [-0.39, 0.29) is 11.1 Å². The molecule has 3 aromatic rings. The maximum absolute atomic E-state index is 14.6. The van der Waals surface area contributed by atoms with Gasteiger partial charge >= 0.3 is 6.61 Å². The normalized spacial score (nSPS) is 10.9. The van der Waals surface area contributed by atoms with Gasteiger partial charge in [0.2, 0.25) is 0 Å². The highest BCUT2D eigenvalue weighted by atomic mass is 19.3. The number of ether oxygens (including phenoxy) is 2. The second-order valence-corrected chi connectivity index (χ2v) is 6.09. The molecular formula is C22H18F4O2. The Bertz CT molecular complexity index is 940. The first-order valence-electron chi connectivity index (χ1n) is 8.75. The van der Waals surface area contributed by atoms with Crippen molar-refractivity contribution < 1.29 is 27.0 Å². The van der Waals surface area contributed by atoms with Crippen molar-refractivity contribution in [1.82, 2.24) is 0 Å². The van der Waals surface area contributed by atoms with Gasteiger partial charge in [-0.3, -0.25) is 0 Å². The van der Waals surface area contributed by atoms with E-state index in [9.17, 15) is 17.6 Å². The molecule has 28 heavy (non-hydrogen) atoms. The van der Waals surface area contributed by atoms with Crippen molar-refractivity contribution in [2.24, 2.45) is 0 Å². The summed E-state index contributed by atoms with van der Waals surface area (Å²) in [6, 6.07) is 15.2. The molecule has 3 aromatic carbocycles. The van der Waals surface area contributed by atoms with Crippen LogP contribution in [0.2, 0.25) is 0 Å². The van der Waals surface area contributed by atoms with E-state index < -0.39 is 24.0 Å². The summed E-state index contributed by atoms with van der Waals surface area (Å²) >= 11 is 0. The van der Waals surface area contributed by atoms with E-state index in [0.29, 0.717) is 12.2 Å². The fraction of sp³-hybridized carbons (Fsp3) is 0.182. The molecule has 0 atom stereocenters. The van der Waals surface area contributed by atoms with Gasteiger partial charge in [-0.1, -0.05) is 37.3 Å². The highest BCUT2D eigenvalue weighted by Crippen LogP contribution is 2.31. The number of hydrogen-bond acceptors (Lipinski definition) is 2. The van der Waals surface area contributed by atoms with Gasteiger partial charge in [-0.25, -0.2) is 8.78 Å². The molecule has 0 heterocycles. The fourth-order valence-corrected chi connectivity index (χ4v) is 2.75. The van der Waals surface area contributed by atoms with E-state index in [2.05, 4.69) is 4.74 Å². The lowest BCUT2D eigenvalue weighted by molar-refractivity contribution is -0.0521. The van der Waals surface area contributed by atoms with Crippen molar-refractivity contribution in [2.45, 2.75) is 20.0 Å². The van der Waals surface area contributed by atoms with Crippen LogP contribution in [-0.2, 0) is 0 Å². The molecule has 0 fully saturated rings. The van der Waals surface area contributed by atoms with Crippen LogP contribution >= 0.6 is 0 Å². The average Bonchev–Trinajstić information content (AvgIpc) is 2.68. The Morgan fingerprint density at radius 3 is 2.04 bits per heavy atom. The number of hydrogen-bond donors (Lipinski definition) is 0.